The molecule has 0 aromatic rings. The molecule has 0 saturated heterocycles. The first-order valence-corrected chi connectivity index (χ1v) is 6.30. The number of hydrogen-bond donors (Lipinski definition) is 2. The SMILES string of the molecule is CCSC(C)CCCOP(O)O. The Morgan fingerprint density at radius 1 is 1.50 bits per heavy atom. The summed E-state index contributed by atoms with van der Waals surface area (Å²) in [6.07, 6.45) is 1.97. The highest BCUT2D eigenvalue weighted by Gasteiger charge is 2.02. The first-order valence-electron chi connectivity index (χ1n) is 4.09. The second-order valence-corrected chi connectivity index (χ2v) is 4.97. The van der Waals surface area contributed by atoms with Crippen molar-refractivity contribution in [2.75, 3.05) is 12.4 Å². The van der Waals surface area contributed by atoms with Crippen molar-refractivity contribution in [1.82, 2.24) is 0 Å². The topological polar surface area (TPSA) is 49.7 Å². The predicted molar refractivity (Wildman–Crippen MR) is 54.1 cm³/mol. The maximum Gasteiger partial charge on any atom is 0.327 e. The standard InChI is InChI=1S/C7H17O3PS/c1-3-12-7(2)5-4-6-10-11(8)9/h7-9H,3-6H2,1-2H3. The summed E-state index contributed by atoms with van der Waals surface area (Å²) in [6.45, 7) is 4.76. The van der Waals surface area contributed by atoms with E-state index in [2.05, 4.69) is 18.4 Å². The monoisotopic (exact) mass is 212 g/mol. The van der Waals surface area contributed by atoms with Crippen molar-refractivity contribution in [3.05, 3.63) is 0 Å². The van der Waals surface area contributed by atoms with Crippen LogP contribution in [0.2, 0.25) is 0 Å². The highest BCUT2D eigenvalue weighted by molar-refractivity contribution is 7.99. The van der Waals surface area contributed by atoms with Gasteiger partial charge in [-0.1, -0.05) is 13.8 Å². The molecular formula is C7H17O3PS. The summed E-state index contributed by atoms with van der Waals surface area (Å²) in [4.78, 5) is 16.8. The Bertz CT molecular complexity index is 103. The first-order chi connectivity index (χ1) is 5.66. The molecule has 0 saturated carbocycles. The number of rotatable bonds is 7. The van der Waals surface area contributed by atoms with E-state index in [4.69, 9.17) is 9.79 Å². The van der Waals surface area contributed by atoms with Crippen molar-refractivity contribution in [2.24, 2.45) is 0 Å². The molecule has 0 amide bonds. The zero-order chi connectivity index (χ0) is 9.40. The summed E-state index contributed by atoms with van der Waals surface area (Å²) >= 11 is 1.91. The lowest BCUT2D eigenvalue weighted by Crippen LogP contribution is -1.99. The Morgan fingerprint density at radius 3 is 2.67 bits per heavy atom. The third kappa shape index (κ3) is 8.75. The van der Waals surface area contributed by atoms with Crippen LogP contribution in [0.3, 0.4) is 0 Å². The third-order valence-electron chi connectivity index (χ3n) is 1.41. The van der Waals surface area contributed by atoms with Crippen molar-refractivity contribution >= 4 is 20.4 Å². The molecule has 0 rings (SSSR count). The highest BCUT2D eigenvalue weighted by Crippen LogP contribution is 2.25. The minimum absolute atomic E-state index is 0.452. The minimum atomic E-state index is -2.15. The molecule has 12 heavy (non-hydrogen) atoms. The Balaban J connectivity index is 3.08. The van der Waals surface area contributed by atoms with Crippen LogP contribution in [0.4, 0.5) is 0 Å². The van der Waals surface area contributed by atoms with Crippen LogP contribution in [0.1, 0.15) is 26.7 Å². The molecule has 2 N–H and O–H groups in total. The lowest BCUT2D eigenvalue weighted by Gasteiger charge is -2.09. The van der Waals surface area contributed by atoms with Crippen LogP contribution in [0.25, 0.3) is 0 Å². The van der Waals surface area contributed by atoms with Crippen LogP contribution in [0.5, 0.6) is 0 Å². The van der Waals surface area contributed by atoms with E-state index in [-0.39, 0.29) is 0 Å². The van der Waals surface area contributed by atoms with Gasteiger partial charge in [0, 0.05) is 5.25 Å². The highest BCUT2D eigenvalue weighted by atomic mass is 32.2. The zero-order valence-corrected chi connectivity index (χ0v) is 9.27. The zero-order valence-electron chi connectivity index (χ0n) is 7.56. The third-order valence-corrected chi connectivity index (χ3v) is 2.96. The van der Waals surface area contributed by atoms with Gasteiger partial charge in [-0.2, -0.15) is 11.8 Å². The van der Waals surface area contributed by atoms with Gasteiger partial charge in [0.25, 0.3) is 0 Å². The largest absolute Gasteiger partial charge is 0.328 e. The molecule has 0 heterocycles. The van der Waals surface area contributed by atoms with Crippen LogP contribution in [0.15, 0.2) is 0 Å². The molecule has 0 aromatic carbocycles. The van der Waals surface area contributed by atoms with Crippen molar-refractivity contribution < 1.29 is 14.3 Å². The molecule has 0 aromatic heterocycles. The number of thioether (sulfide) groups is 1. The molecule has 0 bridgehead atoms. The fraction of sp³-hybridized carbons (Fsp3) is 1.00. The lowest BCUT2D eigenvalue weighted by atomic mass is 10.3. The Morgan fingerprint density at radius 2 is 2.17 bits per heavy atom. The van der Waals surface area contributed by atoms with Crippen LogP contribution in [-0.4, -0.2) is 27.4 Å². The summed E-state index contributed by atoms with van der Waals surface area (Å²) in [6, 6.07) is 0. The number of hydrogen-bond acceptors (Lipinski definition) is 4. The van der Waals surface area contributed by atoms with Gasteiger partial charge in [0.05, 0.1) is 6.61 Å². The van der Waals surface area contributed by atoms with Gasteiger partial charge in [-0.25, -0.2) is 0 Å². The summed E-state index contributed by atoms with van der Waals surface area (Å²) in [5.74, 6) is 1.13. The van der Waals surface area contributed by atoms with E-state index < -0.39 is 8.60 Å². The van der Waals surface area contributed by atoms with Gasteiger partial charge in [-0.3, -0.25) is 0 Å². The van der Waals surface area contributed by atoms with E-state index in [0.717, 1.165) is 18.6 Å². The van der Waals surface area contributed by atoms with Crippen molar-refractivity contribution in [3.63, 3.8) is 0 Å². The molecule has 0 aliphatic carbocycles. The summed E-state index contributed by atoms with van der Waals surface area (Å²) in [5, 5.41) is 0.641. The van der Waals surface area contributed by atoms with Crippen molar-refractivity contribution in [1.29, 1.82) is 0 Å². The van der Waals surface area contributed by atoms with Crippen LogP contribution in [0, 0.1) is 0 Å². The predicted octanol–water partition coefficient (Wildman–Crippen LogP) is 2.14. The van der Waals surface area contributed by atoms with Gasteiger partial charge in [-0.15, -0.1) is 0 Å². The second-order valence-electron chi connectivity index (χ2n) is 2.49. The van der Waals surface area contributed by atoms with Crippen LogP contribution >= 0.6 is 20.4 Å². The van der Waals surface area contributed by atoms with Gasteiger partial charge < -0.3 is 14.3 Å². The molecule has 0 spiro atoms. The molecule has 0 radical (unpaired) electrons. The Hall–Kier alpha value is 0.660. The molecule has 0 aliphatic heterocycles. The smallest absolute Gasteiger partial charge is 0.327 e. The maximum atomic E-state index is 8.41. The maximum absolute atomic E-state index is 8.41. The molecule has 74 valence electrons. The van der Waals surface area contributed by atoms with E-state index in [1.807, 2.05) is 11.8 Å². The fourth-order valence-electron chi connectivity index (χ4n) is 0.885. The van der Waals surface area contributed by atoms with Gasteiger partial charge in [0.15, 0.2) is 0 Å². The molecule has 5 heteroatoms. The Kier molecular flexibility index (Phi) is 8.72. The normalized spacial score (nSPS) is 13.8. The summed E-state index contributed by atoms with van der Waals surface area (Å²) in [5.41, 5.74) is 0. The summed E-state index contributed by atoms with van der Waals surface area (Å²) in [7, 11) is -2.15. The fourth-order valence-corrected chi connectivity index (χ4v) is 2.08. The lowest BCUT2D eigenvalue weighted by molar-refractivity contribution is 0.249. The van der Waals surface area contributed by atoms with Crippen LogP contribution < -0.4 is 0 Å². The van der Waals surface area contributed by atoms with E-state index in [0.29, 0.717) is 11.9 Å². The molecule has 3 nitrogen and oxygen atoms in total. The van der Waals surface area contributed by atoms with E-state index >= 15 is 0 Å². The molecule has 1 unspecified atom stereocenters. The average Bonchev–Trinajstić information content (AvgIpc) is 1.98. The van der Waals surface area contributed by atoms with E-state index in [1.54, 1.807) is 0 Å². The second kappa shape index (κ2) is 8.27. The molecule has 1 atom stereocenters. The van der Waals surface area contributed by atoms with Gasteiger partial charge in [0.1, 0.15) is 0 Å². The molecular weight excluding hydrogens is 195 g/mol. The average molecular weight is 212 g/mol. The Labute approximate surface area is 79.5 Å². The van der Waals surface area contributed by atoms with Crippen molar-refractivity contribution in [3.8, 4) is 0 Å². The minimum Gasteiger partial charge on any atom is -0.328 e. The quantitative estimate of drug-likeness (QED) is 0.501. The molecule has 0 aliphatic rings. The van der Waals surface area contributed by atoms with E-state index in [1.165, 1.54) is 0 Å². The van der Waals surface area contributed by atoms with E-state index in [9.17, 15) is 0 Å². The van der Waals surface area contributed by atoms with Gasteiger partial charge in [-0.05, 0) is 18.6 Å². The van der Waals surface area contributed by atoms with Gasteiger partial charge in [0.2, 0.25) is 0 Å². The summed E-state index contributed by atoms with van der Waals surface area (Å²) < 4.78 is 4.64. The van der Waals surface area contributed by atoms with Crippen molar-refractivity contribution in [2.45, 2.75) is 31.9 Å². The molecule has 0 fully saturated rings. The van der Waals surface area contributed by atoms with Crippen LogP contribution in [-0.2, 0) is 4.52 Å². The first kappa shape index (κ1) is 12.7. The van der Waals surface area contributed by atoms with Gasteiger partial charge >= 0.3 is 8.60 Å².